The smallest absolute Gasteiger partial charge is 0.269 e. The molecule has 0 aromatic heterocycles. The van der Waals surface area contributed by atoms with Crippen LogP contribution < -0.4 is 19.4 Å². The van der Waals surface area contributed by atoms with Crippen molar-refractivity contribution >= 4 is 28.9 Å². The lowest BCUT2D eigenvalue weighted by Crippen LogP contribution is -2.37. The molecule has 0 radical (unpaired) electrons. The van der Waals surface area contributed by atoms with Gasteiger partial charge >= 0.3 is 0 Å². The number of anilines is 2. The van der Waals surface area contributed by atoms with Gasteiger partial charge in [-0.3, -0.25) is 24.5 Å². The van der Waals surface area contributed by atoms with Gasteiger partial charge in [-0.2, -0.15) is 0 Å². The van der Waals surface area contributed by atoms with E-state index in [2.05, 4.69) is 0 Å². The number of rotatable bonds is 6. The van der Waals surface area contributed by atoms with Crippen LogP contribution in [0.5, 0.6) is 11.5 Å². The number of fused-ring (bicyclic) bond motifs is 1. The van der Waals surface area contributed by atoms with Crippen molar-refractivity contribution in [1.29, 1.82) is 0 Å². The lowest BCUT2D eigenvalue weighted by atomic mass is 9.90. The molecule has 2 saturated heterocycles. The van der Waals surface area contributed by atoms with Gasteiger partial charge in [0.05, 0.1) is 36.6 Å². The van der Waals surface area contributed by atoms with Gasteiger partial charge in [0.15, 0.2) is 6.10 Å². The van der Waals surface area contributed by atoms with Crippen molar-refractivity contribution < 1.29 is 28.8 Å². The van der Waals surface area contributed by atoms with Crippen molar-refractivity contribution in [3.63, 3.8) is 0 Å². The van der Waals surface area contributed by atoms with E-state index in [0.29, 0.717) is 17.2 Å². The number of non-ortho nitro benzene ring substituents is 1. The summed E-state index contributed by atoms with van der Waals surface area (Å²) in [5.74, 6) is -0.477. The molecule has 2 fully saturated rings. The molecule has 3 aromatic carbocycles. The molecule has 0 spiro atoms. The number of nitrogens with zero attached hydrogens (tertiary/aromatic N) is 3. The molecule has 178 valence electrons. The maximum absolute atomic E-state index is 13.6. The van der Waals surface area contributed by atoms with Crippen LogP contribution in [0.4, 0.5) is 17.1 Å². The molecule has 0 saturated carbocycles. The number of carbonyl (C=O) groups excluding carboxylic acids is 2. The number of amides is 2. The maximum atomic E-state index is 13.6. The second-order valence-corrected chi connectivity index (χ2v) is 8.08. The Morgan fingerprint density at radius 1 is 0.800 bits per heavy atom. The lowest BCUT2D eigenvalue weighted by Gasteiger charge is -2.29. The summed E-state index contributed by atoms with van der Waals surface area (Å²) in [6, 6.07) is 19.0. The Balaban J connectivity index is 1.54. The molecule has 2 heterocycles. The van der Waals surface area contributed by atoms with E-state index in [0.717, 1.165) is 10.5 Å². The summed E-state index contributed by atoms with van der Waals surface area (Å²) in [6.07, 6.45) is -1.05. The van der Waals surface area contributed by atoms with Crippen molar-refractivity contribution in [3.8, 4) is 11.5 Å². The first-order valence-electron chi connectivity index (χ1n) is 10.8. The predicted molar refractivity (Wildman–Crippen MR) is 125 cm³/mol. The van der Waals surface area contributed by atoms with Crippen LogP contribution in [0.3, 0.4) is 0 Å². The van der Waals surface area contributed by atoms with Crippen LogP contribution in [0, 0.1) is 16.0 Å². The molecule has 3 aromatic rings. The predicted octanol–water partition coefficient (Wildman–Crippen LogP) is 3.66. The largest absolute Gasteiger partial charge is 0.497 e. The first-order valence-corrected chi connectivity index (χ1v) is 10.8. The molecule has 2 aliphatic rings. The fourth-order valence-corrected chi connectivity index (χ4v) is 4.49. The van der Waals surface area contributed by atoms with Crippen LogP contribution in [-0.4, -0.2) is 37.1 Å². The minimum absolute atomic E-state index is 0.133. The third-order valence-electron chi connectivity index (χ3n) is 6.22. The van der Waals surface area contributed by atoms with Crippen LogP contribution in [0.2, 0.25) is 0 Å². The number of hydrogen-bond acceptors (Lipinski definition) is 8. The highest BCUT2D eigenvalue weighted by Crippen LogP contribution is 2.48. The van der Waals surface area contributed by atoms with E-state index in [1.54, 1.807) is 55.7 Å². The van der Waals surface area contributed by atoms with Gasteiger partial charge in [0.2, 0.25) is 5.91 Å². The summed E-state index contributed by atoms with van der Waals surface area (Å²) in [6.45, 7) is 0. The van der Waals surface area contributed by atoms with Crippen LogP contribution >= 0.6 is 0 Å². The average Bonchev–Trinajstić information content (AvgIpc) is 3.40. The van der Waals surface area contributed by atoms with Crippen LogP contribution in [0.25, 0.3) is 0 Å². The number of ether oxygens (including phenoxy) is 2. The Kier molecular flexibility index (Phi) is 5.58. The molecule has 0 unspecified atom stereocenters. The number of hydroxylamine groups is 1. The number of methoxy groups -OCH3 is 2. The SMILES string of the molecule is COc1ccc([C@H]2[C@H]3C(=O)N(c4ccc([N+](=O)[O-])cc4)C(=O)[C@@H]3ON2c2ccc(OC)cc2)cc1. The summed E-state index contributed by atoms with van der Waals surface area (Å²) in [5, 5.41) is 12.6. The van der Waals surface area contributed by atoms with E-state index < -0.39 is 34.8 Å². The number of benzene rings is 3. The van der Waals surface area contributed by atoms with Crippen LogP contribution in [-0.2, 0) is 14.4 Å². The molecule has 0 N–H and O–H groups in total. The Morgan fingerprint density at radius 2 is 1.34 bits per heavy atom. The average molecular weight is 475 g/mol. The highest BCUT2D eigenvalue weighted by Gasteiger charge is 2.60. The van der Waals surface area contributed by atoms with Crippen molar-refractivity contribution in [2.24, 2.45) is 5.92 Å². The van der Waals surface area contributed by atoms with Crippen molar-refractivity contribution in [2.75, 3.05) is 24.2 Å². The van der Waals surface area contributed by atoms with Crippen LogP contribution in [0.15, 0.2) is 72.8 Å². The third-order valence-corrected chi connectivity index (χ3v) is 6.22. The number of imide groups is 1. The highest BCUT2D eigenvalue weighted by molar-refractivity contribution is 6.24. The zero-order valence-electron chi connectivity index (χ0n) is 18.9. The van der Waals surface area contributed by atoms with E-state index in [1.165, 1.54) is 24.3 Å². The minimum Gasteiger partial charge on any atom is -0.497 e. The molecule has 10 heteroatoms. The monoisotopic (exact) mass is 475 g/mol. The first kappa shape index (κ1) is 22.4. The van der Waals surface area contributed by atoms with E-state index in [4.69, 9.17) is 14.3 Å². The van der Waals surface area contributed by atoms with Gasteiger partial charge < -0.3 is 9.47 Å². The van der Waals surface area contributed by atoms with Gasteiger partial charge in [0.25, 0.3) is 11.6 Å². The molecule has 3 atom stereocenters. The Morgan fingerprint density at radius 3 is 1.89 bits per heavy atom. The van der Waals surface area contributed by atoms with Crippen molar-refractivity contribution in [1.82, 2.24) is 0 Å². The molecule has 2 amide bonds. The van der Waals surface area contributed by atoms with Gasteiger partial charge in [-0.15, -0.1) is 0 Å². The number of nitro benzene ring substituents is 1. The summed E-state index contributed by atoms with van der Waals surface area (Å²) >= 11 is 0. The molecule has 35 heavy (non-hydrogen) atoms. The summed E-state index contributed by atoms with van der Waals surface area (Å²) in [5.41, 5.74) is 1.54. The molecule has 0 aliphatic carbocycles. The van der Waals surface area contributed by atoms with E-state index in [9.17, 15) is 19.7 Å². The fraction of sp³-hybridized carbons (Fsp3) is 0.200. The van der Waals surface area contributed by atoms with Crippen LogP contribution in [0.1, 0.15) is 11.6 Å². The number of nitro groups is 1. The molecule has 2 aliphatic heterocycles. The third kappa shape index (κ3) is 3.73. The van der Waals surface area contributed by atoms with Gasteiger partial charge in [-0.05, 0) is 54.1 Å². The normalized spacial score (nSPS) is 21.3. The summed E-state index contributed by atoms with van der Waals surface area (Å²) in [7, 11) is 3.13. The zero-order chi connectivity index (χ0) is 24.7. The van der Waals surface area contributed by atoms with Crippen molar-refractivity contribution in [2.45, 2.75) is 12.1 Å². The Bertz CT molecular complexity index is 1280. The minimum atomic E-state index is -1.05. The quantitative estimate of drug-likeness (QED) is 0.302. The maximum Gasteiger partial charge on any atom is 0.269 e. The Hall–Kier alpha value is -4.44. The first-order chi connectivity index (χ1) is 16.9. The van der Waals surface area contributed by atoms with E-state index >= 15 is 0 Å². The summed E-state index contributed by atoms with van der Waals surface area (Å²) in [4.78, 5) is 44.6. The van der Waals surface area contributed by atoms with Gasteiger partial charge in [0, 0.05) is 12.1 Å². The molecule has 5 rings (SSSR count). The number of hydrogen-bond donors (Lipinski definition) is 0. The second-order valence-electron chi connectivity index (χ2n) is 8.08. The zero-order valence-corrected chi connectivity index (χ0v) is 18.9. The van der Waals surface area contributed by atoms with Gasteiger partial charge in [-0.25, -0.2) is 9.96 Å². The standard InChI is InChI=1S/C25H21N3O7/c1-33-19-11-3-15(4-12-19)22-21-23(35-27(22)17-9-13-20(34-2)14-10-17)25(30)26(24(21)29)16-5-7-18(8-6-16)28(31)32/h3-14,21-23H,1-2H3/t21-,22+,23-/m1/s1. The Labute approximate surface area is 200 Å². The van der Waals surface area contributed by atoms with Gasteiger partial charge in [0.1, 0.15) is 17.4 Å². The van der Waals surface area contributed by atoms with Gasteiger partial charge in [-0.1, -0.05) is 12.1 Å². The topological polar surface area (TPSA) is 111 Å². The highest BCUT2D eigenvalue weighted by atomic mass is 16.7. The summed E-state index contributed by atoms with van der Waals surface area (Å²) < 4.78 is 10.5. The van der Waals surface area contributed by atoms with E-state index in [-0.39, 0.29) is 11.4 Å². The molecule has 0 bridgehead atoms. The molecular formula is C25H21N3O7. The second kappa shape index (κ2) is 8.73. The van der Waals surface area contributed by atoms with E-state index in [1.807, 2.05) is 12.1 Å². The van der Waals surface area contributed by atoms with Crippen molar-refractivity contribution in [3.05, 3.63) is 88.5 Å². The molecular weight excluding hydrogens is 454 g/mol. The lowest BCUT2D eigenvalue weighted by molar-refractivity contribution is -0.384. The molecule has 10 nitrogen and oxygen atoms in total. The number of carbonyl (C=O) groups is 2. The fourth-order valence-electron chi connectivity index (χ4n) is 4.49.